The van der Waals surface area contributed by atoms with Crippen LogP contribution in [-0.2, 0) is 0 Å². The Morgan fingerprint density at radius 1 is 1.21 bits per heavy atom. The van der Waals surface area contributed by atoms with Crippen LogP contribution in [0.3, 0.4) is 0 Å². The molecule has 2 aromatic heterocycles. The molecular weight excluding hydrogens is 236 g/mol. The molecule has 0 bridgehead atoms. The van der Waals surface area contributed by atoms with Gasteiger partial charge in [0.05, 0.1) is 5.56 Å². The zero-order valence-corrected chi connectivity index (χ0v) is 10.5. The summed E-state index contributed by atoms with van der Waals surface area (Å²) in [5.74, 6) is 1.30. The van der Waals surface area contributed by atoms with Crippen LogP contribution in [-0.4, -0.2) is 23.1 Å². The maximum absolute atomic E-state index is 9.14. The van der Waals surface area contributed by atoms with Gasteiger partial charge in [-0.15, -0.1) is 0 Å². The lowest BCUT2D eigenvalue weighted by Crippen LogP contribution is -2.21. The van der Waals surface area contributed by atoms with E-state index >= 15 is 0 Å². The first-order valence-corrected chi connectivity index (χ1v) is 6.38. The molecule has 1 unspecified atom stereocenters. The molecule has 0 saturated carbocycles. The second-order valence-electron chi connectivity index (χ2n) is 4.70. The fourth-order valence-corrected chi connectivity index (χ4v) is 2.60. The molecule has 94 valence electrons. The average molecular weight is 250 g/mol. The topological polar surface area (TPSA) is 52.8 Å². The van der Waals surface area contributed by atoms with Crippen molar-refractivity contribution in [3.05, 3.63) is 54.0 Å². The van der Waals surface area contributed by atoms with Crippen LogP contribution < -0.4 is 4.90 Å². The van der Waals surface area contributed by atoms with Crippen molar-refractivity contribution in [3.63, 3.8) is 0 Å². The smallest absolute Gasteiger partial charge is 0.146 e. The first-order valence-electron chi connectivity index (χ1n) is 6.38. The van der Waals surface area contributed by atoms with Gasteiger partial charge in [0.15, 0.2) is 0 Å². The van der Waals surface area contributed by atoms with E-state index in [1.807, 2.05) is 18.5 Å². The summed E-state index contributed by atoms with van der Waals surface area (Å²) >= 11 is 0. The van der Waals surface area contributed by atoms with Crippen molar-refractivity contribution in [1.29, 1.82) is 5.26 Å². The number of nitriles is 1. The van der Waals surface area contributed by atoms with Crippen molar-refractivity contribution >= 4 is 5.82 Å². The molecule has 1 atom stereocenters. The van der Waals surface area contributed by atoms with Gasteiger partial charge in [-0.25, -0.2) is 4.98 Å². The van der Waals surface area contributed by atoms with Crippen LogP contribution in [0, 0.1) is 11.3 Å². The van der Waals surface area contributed by atoms with Crippen LogP contribution >= 0.6 is 0 Å². The minimum atomic E-state index is 0.497. The van der Waals surface area contributed by atoms with Gasteiger partial charge in [-0.2, -0.15) is 5.26 Å². The van der Waals surface area contributed by atoms with Crippen molar-refractivity contribution in [2.75, 3.05) is 18.0 Å². The molecular formula is C15H14N4. The number of hydrogen-bond acceptors (Lipinski definition) is 4. The van der Waals surface area contributed by atoms with E-state index in [1.54, 1.807) is 12.3 Å². The number of hydrogen-bond donors (Lipinski definition) is 0. The third kappa shape index (κ3) is 2.27. The minimum Gasteiger partial charge on any atom is -0.355 e. The average Bonchev–Trinajstić information content (AvgIpc) is 2.98. The van der Waals surface area contributed by atoms with Gasteiger partial charge in [-0.1, -0.05) is 0 Å². The third-order valence-electron chi connectivity index (χ3n) is 3.57. The summed E-state index contributed by atoms with van der Waals surface area (Å²) < 4.78 is 0. The molecule has 0 spiro atoms. The minimum absolute atomic E-state index is 0.497. The summed E-state index contributed by atoms with van der Waals surface area (Å²) in [6, 6.07) is 9.97. The number of pyridine rings is 2. The Morgan fingerprint density at radius 3 is 2.84 bits per heavy atom. The molecule has 0 aromatic carbocycles. The number of rotatable bonds is 2. The highest BCUT2D eigenvalue weighted by atomic mass is 15.2. The Kier molecular flexibility index (Phi) is 3.11. The number of nitrogens with zero attached hydrogens (tertiary/aromatic N) is 4. The molecule has 4 nitrogen and oxygen atoms in total. The fraction of sp³-hybridized carbons (Fsp3) is 0.267. The van der Waals surface area contributed by atoms with Crippen molar-refractivity contribution in [1.82, 2.24) is 9.97 Å². The maximum atomic E-state index is 9.14. The van der Waals surface area contributed by atoms with Crippen LogP contribution in [0.15, 0.2) is 42.9 Å². The summed E-state index contributed by atoms with van der Waals surface area (Å²) in [5, 5.41) is 9.14. The lowest BCUT2D eigenvalue weighted by molar-refractivity contribution is 0.772. The normalized spacial score (nSPS) is 18.3. The first-order chi connectivity index (χ1) is 9.38. The van der Waals surface area contributed by atoms with Gasteiger partial charge in [0.2, 0.25) is 0 Å². The lowest BCUT2D eigenvalue weighted by Gasteiger charge is -2.18. The molecule has 0 N–H and O–H groups in total. The SMILES string of the molecule is N#Cc1cccnc1N1CCC(c2ccncc2)C1. The molecule has 1 aliphatic rings. The largest absolute Gasteiger partial charge is 0.355 e. The molecule has 3 rings (SSSR count). The van der Waals surface area contributed by atoms with Gasteiger partial charge in [-0.3, -0.25) is 4.98 Å². The third-order valence-corrected chi connectivity index (χ3v) is 3.57. The number of anilines is 1. The van der Waals surface area contributed by atoms with Gasteiger partial charge in [0.25, 0.3) is 0 Å². The Bertz CT molecular complexity index is 603. The summed E-state index contributed by atoms with van der Waals surface area (Å²) in [6.07, 6.45) is 6.50. The second-order valence-corrected chi connectivity index (χ2v) is 4.70. The molecule has 2 aromatic rings. The highest BCUT2D eigenvalue weighted by Gasteiger charge is 2.26. The molecule has 0 radical (unpaired) electrons. The predicted molar refractivity (Wildman–Crippen MR) is 72.8 cm³/mol. The van der Waals surface area contributed by atoms with Crippen LogP contribution in [0.4, 0.5) is 5.82 Å². The van der Waals surface area contributed by atoms with Crippen LogP contribution in [0.25, 0.3) is 0 Å². The number of aromatic nitrogens is 2. The van der Waals surface area contributed by atoms with E-state index in [0.717, 1.165) is 25.3 Å². The maximum Gasteiger partial charge on any atom is 0.146 e. The van der Waals surface area contributed by atoms with Gasteiger partial charge in [0.1, 0.15) is 11.9 Å². The summed E-state index contributed by atoms with van der Waals surface area (Å²) in [4.78, 5) is 10.6. The molecule has 1 aliphatic heterocycles. The van der Waals surface area contributed by atoms with Gasteiger partial charge in [-0.05, 0) is 36.2 Å². The molecule has 1 saturated heterocycles. The zero-order valence-electron chi connectivity index (χ0n) is 10.5. The molecule has 1 fully saturated rings. The molecule has 0 aliphatic carbocycles. The first kappa shape index (κ1) is 11.7. The Morgan fingerprint density at radius 2 is 2.05 bits per heavy atom. The monoisotopic (exact) mass is 250 g/mol. The van der Waals surface area contributed by atoms with E-state index in [0.29, 0.717) is 11.5 Å². The lowest BCUT2D eigenvalue weighted by atomic mass is 10.00. The van der Waals surface area contributed by atoms with Crippen molar-refractivity contribution < 1.29 is 0 Å². The highest BCUT2D eigenvalue weighted by Crippen LogP contribution is 2.30. The molecule has 19 heavy (non-hydrogen) atoms. The van der Waals surface area contributed by atoms with Crippen molar-refractivity contribution in [3.8, 4) is 6.07 Å². The Balaban J connectivity index is 1.81. The zero-order chi connectivity index (χ0) is 13.1. The molecule has 4 heteroatoms. The second kappa shape index (κ2) is 5.07. The van der Waals surface area contributed by atoms with E-state index in [-0.39, 0.29) is 0 Å². The van der Waals surface area contributed by atoms with E-state index in [1.165, 1.54) is 5.56 Å². The summed E-state index contributed by atoms with van der Waals surface area (Å²) in [7, 11) is 0. The Labute approximate surface area is 112 Å². The van der Waals surface area contributed by atoms with Crippen molar-refractivity contribution in [2.24, 2.45) is 0 Å². The van der Waals surface area contributed by atoms with Gasteiger partial charge >= 0.3 is 0 Å². The fourth-order valence-electron chi connectivity index (χ4n) is 2.60. The standard InChI is InChI=1S/C15H14N4/c16-10-13-2-1-6-18-15(13)19-9-5-14(11-19)12-3-7-17-8-4-12/h1-4,6-8,14H,5,9,11H2. The Hall–Kier alpha value is -2.41. The van der Waals surface area contributed by atoms with E-state index in [4.69, 9.17) is 5.26 Å². The highest BCUT2D eigenvalue weighted by molar-refractivity contribution is 5.54. The summed E-state index contributed by atoms with van der Waals surface area (Å²) in [5.41, 5.74) is 1.96. The van der Waals surface area contributed by atoms with Gasteiger partial charge in [0, 0.05) is 37.6 Å². The molecule has 3 heterocycles. The van der Waals surface area contributed by atoms with E-state index < -0.39 is 0 Å². The van der Waals surface area contributed by atoms with Crippen LogP contribution in [0.1, 0.15) is 23.5 Å². The van der Waals surface area contributed by atoms with Crippen LogP contribution in [0.2, 0.25) is 0 Å². The quantitative estimate of drug-likeness (QED) is 0.821. The molecule has 0 amide bonds. The predicted octanol–water partition coefficient (Wildman–Crippen LogP) is 2.34. The van der Waals surface area contributed by atoms with Gasteiger partial charge < -0.3 is 4.90 Å². The van der Waals surface area contributed by atoms with E-state index in [2.05, 4.69) is 33.1 Å². The van der Waals surface area contributed by atoms with Crippen LogP contribution in [0.5, 0.6) is 0 Å². The van der Waals surface area contributed by atoms with E-state index in [9.17, 15) is 0 Å². The van der Waals surface area contributed by atoms with Crippen molar-refractivity contribution in [2.45, 2.75) is 12.3 Å². The summed E-state index contributed by atoms with van der Waals surface area (Å²) in [6.45, 7) is 1.86.